The van der Waals surface area contributed by atoms with Gasteiger partial charge in [-0.3, -0.25) is 0 Å². The van der Waals surface area contributed by atoms with Gasteiger partial charge in [-0.1, -0.05) is 18.2 Å². The van der Waals surface area contributed by atoms with Gasteiger partial charge in [0.15, 0.2) is 0 Å². The van der Waals surface area contributed by atoms with Crippen molar-refractivity contribution in [2.24, 2.45) is 5.73 Å². The Hall–Kier alpha value is -0.488. The number of nitrogens with two attached hydrogens (primary N) is 1. The Kier molecular flexibility index (Phi) is 2.76. The summed E-state index contributed by atoms with van der Waals surface area (Å²) in [6.45, 7) is 0.581. The second-order valence-electron chi connectivity index (χ2n) is 2.01. The van der Waals surface area contributed by atoms with Crippen molar-refractivity contribution in [1.82, 2.24) is 0 Å². The lowest BCUT2D eigenvalue weighted by atomic mass is 10.2. The van der Waals surface area contributed by atoms with Crippen LogP contribution >= 0.6 is 0 Å². The summed E-state index contributed by atoms with van der Waals surface area (Å²) >= 11 is 2.45. The Morgan fingerprint density at radius 3 is 2.60 bits per heavy atom. The summed E-state index contributed by atoms with van der Waals surface area (Å²) in [5, 5.41) is 0. The standard InChI is InChI=1S/C7H9N2.Al/c8-5-6-3-1-2-4-7(6)9;/h1-4,9H,5,8H2;/q-1;+1. The molecule has 0 aliphatic heterocycles. The van der Waals surface area contributed by atoms with Gasteiger partial charge >= 0.3 is 16.5 Å². The summed E-state index contributed by atoms with van der Waals surface area (Å²) in [5.41, 5.74) is 7.69. The molecule has 1 aromatic rings. The lowest BCUT2D eigenvalue weighted by Crippen LogP contribution is -2.01. The molecule has 0 heterocycles. The smallest absolute Gasteiger partial charge is 0.305 e. The van der Waals surface area contributed by atoms with Crippen molar-refractivity contribution in [3.05, 3.63) is 29.8 Å². The topological polar surface area (TPSA) is 38.0 Å². The molecule has 0 amide bonds. The Morgan fingerprint density at radius 1 is 1.40 bits per heavy atom. The summed E-state index contributed by atoms with van der Waals surface area (Å²) in [5.74, 6) is 0. The first-order chi connectivity index (χ1) is 4.88. The number of hydrogen-bond acceptors (Lipinski definition) is 2. The molecule has 0 bridgehead atoms. The third-order valence-corrected chi connectivity index (χ3v) is 1.70. The van der Waals surface area contributed by atoms with E-state index in [4.69, 9.17) is 5.73 Å². The van der Waals surface area contributed by atoms with Gasteiger partial charge in [0.25, 0.3) is 0 Å². The molecule has 0 saturated heterocycles. The van der Waals surface area contributed by atoms with Crippen LogP contribution in [-0.2, 0) is 6.54 Å². The summed E-state index contributed by atoms with van der Waals surface area (Å²) in [4.78, 5) is 0. The van der Waals surface area contributed by atoms with Crippen LogP contribution in [0.2, 0.25) is 0 Å². The normalized spacial score (nSPS) is 9.30. The Balaban J connectivity index is 2.96. The number of hydrogen-bond donors (Lipinski definition) is 2. The Morgan fingerprint density at radius 2 is 2.10 bits per heavy atom. The predicted octanol–water partition coefficient (Wildman–Crippen LogP) is 0.641. The second-order valence-corrected chi connectivity index (χ2v) is 2.29. The molecule has 0 aliphatic rings. The van der Waals surface area contributed by atoms with Crippen molar-refractivity contribution < 1.29 is 0 Å². The van der Waals surface area contributed by atoms with Gasteiger partial charge in [0.2, 0.25) is 0 Å². The molecule has 10 heavy (non-hydrogen) atoms. The highest BCUT2D eigenvalue weighted by atomic mass is 27.1. The highest BCUT2D eigenvalue weighted by molar-refractivity contribution is 6.16. The van der Waals surface area contributed by atoms with E-state index in [9.17, 15) is 0 Å². The van der Waals surface area contributed by atoms with Crippen molar-refractivity contribution in [3.8, 4) is 0 Å². The average Bonchev–Trinajstić information content (AvgIpc) is 2.04. The van der Waals surface area contributed by atoms with Gasteiger partial charge in [-0.05, 0) is 11.6 Å². The third-order valence-electron chi connectivity index (χ3n) is 1.39. The molecule has 3 N–H and O–H groups in total. The fourth-order valence-corrected chi connectivity index (χ4v) is 1.12. The zero-order valence-electron chi connectivity index (χ0n) is 5.67. The molecular formula is C7H9AlN2. The van der Waals surface area contributed by atoms with E-state index in [2.05, 4.69) is 20.8 Å². The fraction of sp³-hybridized carbons (Fsp3) is 0.143. The zero-order valence-corrected chi connectivity index (χ0v) is 6.83. The molecule has 3 heteroatoms. The van der Waals surface area contributed by atoms with E-state index in [1.54, 1.807) is 0 Å². The monoisotopic (exact) mass is 148 g/mol. The maximum absolute atomic E-state index is 5.48. The van der Waals surface area contributed by atoms with E-state index in [0.717, 1.165) is 11.3 Å². The minimum absolute atomic E-state index is 0.581. The summed E-state index contributed by atoms with van der Waals surface area (Å²) in [6.07, 6.45) is 0. The lowest BCUT2D eigenvalue weighted by molar-refractivity contribution is 1.07. The number of rotatable bonds is 2. The molecule has 0 fully saturated rings. The predicted molar refractivity (Wildman–Crippen MR) is 43.7 cm³/mol. The van der Waals surface area contributed by atoms with Crippen molar-refractivity contribution in [2.45, 2.75) is 6.54 Å². The molecule has 0 aromatic heterocycles. The zero-order chi connectivity index (χ0) is 7.40. The van der Waals surface area contributed by atoms with Gasteiger partial charge in [-0.15, -0.1) is 0 Å². The SMILES string of the molecule is NCc1ccccc1[NH][Al]. The largest absolute Gasteiger partial charge is 0.491 e. The number of anilines is 1. The van der Waals surface area contributed by atoms with Gasteiger partial charge in [0.1, 0.15) is 0 Å². The van der Waals surface area contributed by atoms with Gasteiger partial charge < -0.3 is 10.0 Å². The molecule has 0 unspecified atom stereocenters. The minimum atomic E-state index is 0.581. The molecular weight excluding hydrogens is 139 g/mol. The van der Waals surface area contributed by atoms with E-state index in [1.807, 2.05) is 24.3 Å². The van der Waals surface area contributed by atoms with Crippen molar-refractivity contribution in [1.29, 1.82) is 0 Å². The van der Waals surface area contributed by atoms with Crippen LogP contribution in [-0.4, -0.2) is 16.5 Å². The number of nitrogens with one attached hydrogen (secondary N) is 1. The van der Waals surface area contributed by atoms with Gasteiger partial charge in [0, 0.05) is 12.2 Å². The lowest BCUT2D eigenvalue weighted by Gasteiger charge is -2.05. The maximum Gasteiger partial charge on any atom is 0.305 e. The fourth-order valence-electron chi connectivity index (χ4n) is 0.839. The van der Waals surface area contributed by atoms with Gasteiger partial charge in [-0.25, -0.2) is 0 Å². The molecule has 0 saturated carbocycles. The van der Waals surface area contributed by atoms with E-state index >= 15 is 0 Å². The van der Waals surface area contributed by atoms with Crippen LogP contribution in [0.1, 0.15) is 5.56 Å². The van der Waals surface area contributed by atoms with Crippen LogP contribution in [0.25, 0.3) is 0 Å². The van der Waals surface area contributed by atoms with E-state index in [1.165, 1.54) is 0 Å². The van der Waals surface area contributed by atoms with Crippen LogP contribution in [0, 0.1) is 0 Å². The highest BCUT2D eigenvalue weighted by Gasteiger charge is 1.92. The first-order valence-corrected chi connectivity index (χ1v) is 3.71. The molecule has 0 atom stereocenters. The van der Waals surface area contributed by atoms with Crippen molar-refractivity contribution >= 4 is 22.2 Å². The summed E-state index contributed by atoms with van der Waals surface area (Å²) in [7, 11) is 0. The summed E-state index contributed by atoms with van der Waals surface area (Å²) in [6, 6.07) is 7.96. The first-order valence-electron chi connectivity index (χ1n) is 3.13. The van der Waals surface area contributed by atoms with Crippen molar-refractivity contribution in [3.63, 3.8) is 0 Å². The van der Waals surface area contributed by atoms with Gasteiger partial charge in [0.05, 0.1) is 0 Å². The molecule has 2 radical (unpaired) electrons. The van der Waals surface area contributed by atoms with Crippen LogP contribution < -0.4 is 10.0 Å². The summed E-state index contributed by atoms with van der Waals surface area (Å²) < 4.78 is 2.98. The molecule has 1 rings (SSSR count). The molecule has 50 valence electrons. The average molecular weight is 148 g/mol. The Labute approximate surface area is 69.1 Å². The molecule has 0 spiro atoms. The van der Waals surface area contributed by atoms with Crippen molar-refractivity contribution in [2.75, 3.05) is 4.30 Å². The Bertz CT molecular complexity index is 190. The number of para-hydroxylation sites is 1. The van der Waals surface area contributed by atoms with Gasteiger partial charge in [-0.2, -0.15) is 0 Å². The number of benzene rings is 1. The molecule has 2 nitrogen and oxygen atoms in total. The van der Waals surface area contributed by atoms with Crippen LogP contribution in [0.15, 0.2) is 24.3 Å². The third kappa shape index (κ3) is 1.51. The van der Waals surface area contributed by atoms with Crippen LogP contribution in [0.3, 0.4) is 0 Å². The first kappa shape index (κ1) is 7.62. The minimum Gasteiger partial charge on any atom is -0.491 e. The highest BCUT2D eigenvalue weighted by Crippen LogP contribution is 2.11. The van der Waals surface area contributed by atoms with E-state index in [0.29, 0.717) is 6.54 Å². The molecule has 1 aromatic carbocycles. The maximum atomic E-state index is 5.48. The van der Waals surface area contributed by atoms with Crippen LogP contribution in [0.5, 0.6) is 0 Å². The van der Waals surface area contributed by atoms with E-state index in [-0.39, 0.29) is 0 Å². The van der Waals surface area contributed by atoms with Crippen LogP contribution in [0.4, 0.5) is 5.69 Å². The van der Waals surface area contributed by atoms with E-state index < -0.39 is 0 Å². The molecule has 0 aliphatic carbocycles. The second kappa shape index (κ2) is 3.62. The quantitative estimate of drug-likeness (QED) is 0.604.